The van der Waals surface area contributed by atoms with Gasteiger partial charge in [-0.1, -0.05) is 24.3 Å². The van der Waals surface area contributed by atoms with Gasteiger partial charge in [0.05, 0.1) is 35.9 Å². The zero-order valence-electron chi connectivity index (χ0n) is 23.9. The minimum atomic E-state index is -2.09. The molecular formula is C33H24N4O7P2. The molecule has 0 aliphatic carbocycles. The van der Waals surface area contributed by atoms with Gasteiger partial charge in [-0.15, -0.1) is 0 Å². The van der Waals surface area contributed by atoms with Crippen molar-refractivity contribution < 1.29 is 31.9 Å². The Hall–Kier alpha value is -5.63. The van der Waals surface area contributed by atoms with Crippen LogP contribution in [0.25, 0.3) is 0 Å². The Balaban J connectivity index is 1.27. The van der Waals surface area contributed by atoms with Crippen molar-refractivity contribution in [2.75, 3.05) is 0 Å². The van der Waals surface area contributed by atoms with Crippen LogP contribution in [0, 0.1) is 0 Å². The number of hydrogen-bond acceptors (Lipinski definition) is 11. The molecule has 0 spiro atoms. The molecule has 0 unspecified atom stereocenters. The summed E-state index contributed by atoms with van der Waals surface area (Å²) in [6.07, 6.45) is 12.7. The summed E-state index contributed by atoms with van der Waals surface area (Å²) in [6.45, 7) is 0. The number of nitrogens with zero attached hydrogens (tertiary/aromatic N) is 4. The van der Waals surface area contributed by atoms with Gasteiger partial charge in [-0.05, 0) is 72.8 Å². The van der Waals surface area contributed by atoms with Crippen LogP contribution in [-0.4, -0.2) is 25.7 Å². The van der Waals surface area contributed by atoms with Gasteiger partial charge in [0.1, 0.15) is 34.5 Å². The Morgan fingerprint density at radius 3 is 1.04 bits per heavy atom. The minimum absolute atomic E-state index is 0.238. The van der Waals surface area contributed by atoms with Crippen molar-refractivity contribution in [2.45, 2.75) is 0 Å². The first-order valence-corrected chi connectivity index (χ1v) is 15.9. The van der Waals surface area contributed by atoms with Gasteiger partial charge in [-0.25, -0.2) is 0 Å². The summed E-state index contributed by atoms with van der Waals surface area (Å²) in [4.78, 5) is 30.5. The highest BCUT2D eigenvalue weighted by Crippen LogP contribution is 2.45. The number of carbonyl (C=O) groups is 1. The maximum atomic E-state index is 14.1. The predicted octanol–water partition coefficient (Wildman–Crippen LogP) is 8.03. The fraction of sp³-hybridized carbons (Fsp3) is 0. The van der Waals surface area contributed by atoms with Crippen molar-refractivity contribution in [1.29, 1.82) is 0 Å². The summed E-state index contributed by atoms with van der Waals surface area (Å²) in [7, 11) is -4.18. The molecule has 0 atom stereocenters. The van der Waals surface area contributed by atoms with Gasteiger partial charge in [0, 0.05) is 24.8 Å². The Morgan fingerprint density at radius 1 is 0.413 bits per heavy atom. The van der Waals surface area contributed by atoms with E-state index in [0.717, 1.165) is 0 Å². The van der Waals surface area contributed by atoms with Crippen molar-refractivity contribution in [3.8, 4) is 34.5 Å². The number of pyridine rings is 4. The second-order valence-corrected chi connectivity index (χ2v) is 11.1. The monoisotopic (exact) mass is 650 g/mol. The number of carbonyl (C=O) groups excluding carboxylic acids is 1. The fourth-order valence-corrected chi connectivity index (χ4v) is 5.82. The Bertz CT molecular complexity index is 1630. The van der Waals surface area contributed by atoms with E-state index in [1.54, 1.807) is 122 Å². The smallest absolute Gasteiger partial charge is 0.408 e. The molecule has 0 saturated carbocycles. The number of benzene rings is 2. The van der Waals surface area contributed by atoms with E-state index < -0.39 is 17.2 Å². The summed E-state index contributed by atoms with van der Waals surface area (Å²) in [6, 6.07) is 27.4. The third-order valence-electron chi connectivity index (χ3n) is 5.87. The molecule has 0 radical (unpaired) electrons. The van der Waals surface area contributed by atoms with Gasteiger partial charge >= 0.3 is 17.2 Å². The van der Waals surface area contributed by atoms with Gasteiger partial charge in [-0.2, -0.15) is 0 Å². The van der Waals surface area contributed by atoms with Crippen LogP contribution in [0.4, 0.5) is 0 Å². The summed E-state index contributed by atoms with van der Waals surface area (Å²) in [5, 5.41) is 0. The first-order chi connectivity index (χ1) is 22.7. The SMILES string of the molecule is O=C(c1ccccc1OP(Oc1cccnc1)Oc1cccnc1)c1ccccc1OP(Oc1cccnc1)Oc1cccnc1. The Labute approximate surface area is 266 Å². The number of hydrogen-bond donors (Lipinski definition) is 0. The predicted molar refractivity (Wildman–Crippen MR) is 171 cm³/mol. The highest BCUT2D eigenvalue weighted by molar-refractivity contribution is 7.43. The highest BCUT2D eigenvalue weighted by atomic mass is 31.2. The molecule has 0 saturated heterocycles. The molecule has 0 amide bonds. The molecule has 0 aliphatic heterocycles. The molecular weight excluding hydrogens is 626 g/mol. The number of ketones is 1. The van der Waals surface area contributed by atoms with Crippen LogP contribution in [0.2, 0.25) is 0 Å². The van der Waals surface area contributed by atoms with Crippen LogP contribution in [0.5, 0.6) is 34.5 Å². The van der Waals surface area contributed by atoms with E-state index in [1.165, 1.54) is 24.8 Å². The van der Waals surface area contributed by atoms with Crippen LogP contribution in [0.3, 0.4) is 0 Å². The van der Waals surface area contributed by atoms with Crippen molar-refractivity contribution in [2.24, 2.45) is 0 Å². The molecule has 4 aromatic heterocycles. The van der Waals surface area contributed by atoms with E-state index in [0.29, 0.717) is 23.0 Å². The van der Waals surface area contributed by atoms with E-state index >= 15 is 0 Å². The van der Waals surface area contributed by atoms with Crippen LogP contribution < -0.4 is 27.1 Å². The Kier molecular flexibility index (Phi) is 10.2. The number of para-hydroxylation sites is 2. The molecule has 4 heterocycles. The van der Waals surface area contributed by atoms with Crippen LogP contribution in [0.1, 0.15) is 15.9 Å². The largest absolute Gasteiger partial charge is 0.530 e. The average Bonchev–Trinajstić information content (AvgIpc) is 3.10. The van der Waals surface area contributed by atoms with Gasteiger partial charge in [-0.3, -0.25) is 24.7 Å². The molecule has 0 bridgehead atoms. The van der Waals surface area contributed by atoms with Crippen molar-refractivity contribution in [3.63, 3.8) is 0 Å². The average molecular weight is 651 g/mol. The maximum Gasteiger partial charge on any atom is 0.530 e. The molecule has 2 aromatic carbocycles. The van der Waals surface area contributed by atoms with E-state index in [2.05, 4.69) is 19.9 Å². The van der Waals surface area contributed by atoms with Gasteiger partial charge < -0.3 is 27.1 Å². The summed E-state index contributed by atoms with van der Waals surface area (Å²) >= 11 is 0. The van der Waals surface area contributed by atoms with Crippen LogP contribution in [0.15, 0.2) is 147 Å². The van der Waals surface area contributed by atoms with Crippen LogP contribution in [-0.2, 0) is 0 Å². The molecule has 6 aromatic rings. The molecule has 11 nitrogen and oxygen atoms in total. The number of rotatable bonds is 14. The minimum Gasteiger partial charge on any atom is -0.408 e. The standard InChI is InChI=1S/C33H24N4O7P2/c38-33(29-13-1-3-15-31(29)43-45(39-25-9-5-17-34-21-25)40-26-10-6-18-35-22-26)30-14-2-4-16-32(30)44-46(41-27-11-7-19-36-23-27)42-28-12-8-20-37-24-28/h1-24H. The summed E-state index contributed by atoms with van der Waals surface area (Å²) < 4.78 is 36.5. The second-order valence-electron chi connectivity index (χ2n) is 9.07. The zero-order valence-corrected chi connectivity index (χ0v) is 25.7. The molecule has 0 fully saturated rings. The van der Waals surface area contributed by atoms with Crippen molar-refractivity contribution in [3.05, 3.63) is 158 Å². The lowest BCUT2D eigenvalue weighted by Gasteiger charge is -2.20. The second kappa shape index (κ2) is 15.4. The first-order valence-electron chi connectivity index (χ1n) is 13.7. The van der Waals surface area contributed by atoms with Gasteiger partial charge in [0.2, 0.25) is 5.78 Å². The lowest BCUT2D eigenvalue weighted by Crippen LogP contribution is -2.10. The molecule has 13 heteroatoms. The van der Waals surface area contributed by atoms with Gasteiger partial charge in [0.15, 0.2) is 0 Å². The topological polar surface area (TPSA) is 124 Å². The molecule has 0 N–H and O–H groups in total. The molecule has 46 heavy (non-hydrogen) atoms. The van der Waals surface area contributed by atoms with E-state index in [1.807, 2.05) is 0 Å². The molecule has 0 aliphatic rings. The normalized spacial score (nSPS) is 10.7. The third-order valence-corrected chi connectivity index (χ3v) is 8.00. The first kappa shape index (κ1) is 30.4. The lowest BCUT2D eigenvalue weighted by molar-refractivity contribution is 0.103. The highest BCUT2D eigenvalue weighted by Gasteiger charge is 2.27. The van der Waals surface area contributed by atoms with Gasteiger partial charge in [0.25, 0.3) is 0 Å². The van der Waals surface area contributed by atoms with E-state index in [4.69, 9.17) is 27.1 Å². The Morgan fingerprint density at radius 2 is 0.739 bits per heavy atom. The quantitative estimate of drug-likeness (QED) is 0.0841. The summed E-state index contributed by atoms with van der Waals surface area (Å²) in [5.41, 5.74) is 0.502. The molecule has 228 valence electrons. The maximum absolute atomic E-state index is 14.1. The van der Waals surface area contributed by atoms with E-state index in [-0.39, 0.29) is 28.4 Å². The van der Waals surface area contributed by atoms with Crippen molar-refractivity contribution in [1.82, 2.24) is 19.9 Å². The third kappa shape index (κ3) is 8.30. The van der Waals surface area contributed by atoms with E-state index in [9.17, 15) is 4.79 Å². The summed E-state index contributed by atoms with van der Waals surface area (Å²) in [5.74, 6) is 1.81. The van der Waals surface area contributed by atoms with Crippen LogP contribution >= 0.6 is 17.2 Å². The lowest BCUT2D eigenvalue weighted by atomic mass is 10.0. The zero-order chi connectivity index (χ0) is 31.4. The van der Waals surface area contributed by atoms with Crippen molar-refractivity contribution >= 4 is 23.0 Å². The molecule has 6 rings (SSSR count). The number of aromatic nitrogens is 4. The fourth-order valence-electron chi connectivity index (χ4n) is 3.83.